The number of fused-ring (bicyclic) bond motifs is 4. The van der Waals surface area contributed by atoms with Crippen LogP contribution in [0.2, 0.25) is 0 Å². The molecule has 1 saturated heterocycles. The van der Waals surface area contributed by atoms with Crippen molar-refractivity contribution in [1.29, 1.82) is 0 Å². The van der Waals surface area contributed by atoms with Crippen molar-refractivity contribution in [1.82, 2.24) is 14.8 Å². The van der Waals surface area contributed by atoms with Crippen molar-refractivity contribution in [2.24, 2.45) is 5.92 Å². The van der Waals surface area contributed by atoms with Gasteiger partial charge in [-0.05, 0) is 37.5 Å². The van der Waals surface area contributed by atoms with Gasteiger partial charge in [0.25, 0.3) is 11.5 Å². The van der Waals surface area contributed by atoms with Gasteiger partial charge in [-0.2, -0.15) is 0 Å². The van der Waals surface area contributed by atoms with E-state index in [-0.39, 0.29) is 23.3 Å². The lowest BCUT2D eigenvalue weighted by atomic mass is 9.83. The van der Waals surface area contributed by atoms with E-state index >= 15 is 0 Å². The van der Waals surface area contributed by atoms with Gasteiger partial charge in [0.1, 0.15) is 6.17 Å². The topological polar surface area (TPSA) is 54.3 Å². The molecule has 1 amide bonds. The SMILES string of the molecule is Cc1ccc(C(=O)N[C@H](N2C[C@@H]3C[C@H](C2)c2cccc(=O)n2C3)C(Cl)(Cl)Cl)cc1. The molecule has 8 heteroatoms. The Morgan fingerprint density at radius 2 is 1.83 bits per heavy atom. The molecule has 0 unspecified atom stereocenters. The highest BCUT2D eigenvalue weighted by atomic mass is 35.6. The van der Waals surface area contributed by atoms with Crippen LogP contribution >= 0.6 is 34.8 Å². The molecule has 3 heterocycles. The number of aryl methyl sites for hydroxylation is 1. The van der Waals surface area contributed by atoms with Crippen molar-refractivity contribution in [2.45, 2.75) is 35.8 Å². The molecule has 0 radical (unpaired) electrons. The molecule has 0 saturated carbocycles. The molecule has 4 rings (SSSR count). The van der Waals surface area contributed by atoms with E-state index in [1.807, 2.05) is 34.6 Å². The summed E-state index contributed by atoms with van der Waals surface area (Å²) >= 11 is 18.9. The van der Waals surface area contributed by atoms with Gasteiger partial charge >= 0.3 is 0 Å². The zero-order valence-electron chi connectivity index (χ0n) is 15.9. The molecular formula is C21H22Cl3N3O2. The molecule has 1 aromatic heterocycles. The van der Waals surface area contributed by atoms with Crippen LogP contribution < -0.4 is 10.9 Å². The van der Waals surface area contributed by atoms with E-state index in [1.165, 1.54) is 0 Å². The summed E-state index contributed by atoms with van der Waals surface area (Å²) in [7, 11) is 0. The highest BCUT2D eigenvalue weighted by molar-refractivity contribution is 6.68. The second-order valence-corrected chi connectivity index (χ2v) is 10.3. The Balaban J connectivity index is 1.58. The minimum atomic E-state index is -1.69. The molecule has 0 aliphatic carbocycles. The van der Waals surface area contributed by atoms with E-state index in [1.54, 1.807) is 24.3 Å². The number of amides is 1. The first-order valence-corrected chi connectivity index (χ1v) is 10.7. The van der Waals surface area contributed by atoms with Gasteiger partial charge in [0, 0.05) is 42.9 Å². The second kappa shape index (κ2) is 7.95. The maximum absolute atomic E-state index is 12.8. The average molecular weight is 455 g/mol. The predicted octanol–water partition coefficient (Wildman–Crippen LogP) is 3.70. The molecule has 2 aliphatic heterocycles. The molecular weight excluding hydrogens is 433 g/mol. The van der Waals surface area contributed by atoms with Crippen LogP contribution in [0.1, 0.15) is 34.0 Å². The zero-order chi connectivity index (χ0) is 20.8. The van der Waals surface area contributed by atoms with E-state index < -0.39 is 9.96 Å². The van der Waals surface area contributed by atoms with Crippen LogP contribution in [0.5, 0.6) is 0 Å². The van der Waals surface area contributed by atoms with Crippen molar-refractivity contribution in [3.05, 3.63) is 69.6 Å². The van der Waals surface area contributed by atoms with Crippen LogP contribution in [0.15, 0.2) is 47.3 Å². The van der Waals surface area contributed by atoms with E-state index in [0.717, 1.165) is 17.7 Å². The third-order valence-electron chi connectivity index (χ3n) is 5.76. The number of aromatic nitrogens is 1. The number of pyridine rings is 1. The highest BCUT2D eigenvalue weighted by Crippen LogP contribution is 2.39. The largest absolute Gasteiger partial charge is 0.332 e. The molecule has 5 nitrogen and oxygen atoms in total. The Bertz CT molecular complexity index is 968. The standard InChI is InChI=1S/C21H22Cl3N3O2/c1-13-5-7-15(8-6-13)19(29)25-20(21(22,23)24)26-10-14-9-16(12-26)17-3-2-4-18(28)27(17)11-14/h2-8,14,16,20H,9-12H2,1H3,(H,25,29)/t14-,16+,20+/m0/s1. The van der Waals surface area contributed by atoms with Gasteiger partial charge in [-0.25, -0.2) is 0 Å². The van der Waals surface area contributed by atoms with Crippen LogP contribution in [0.3, 0.4) is 0 Å². The molecule has 1 aromatic carbocycles. The lowest BCUT2D eigenvalue weighted by molar-refractivity contribution is 0.0586. The number of rotatable bonds is 3. The van der Waals surface area contributed by atoms with Crippen LogP contribution in [0, 0.1) is 12.8 Å². The summed E-state index contributed by atoms with van der Waals surface area (Å²) in [6.45, 7) is 3.85. The fraction of sp³-hybridized carbons (Fsp3) is 0.429. The Labute approximate surface area is 184 Å². The molecule has 2 aromatic rings. The number of benzene rings is 1. The summed E-state index contributed by atoms with van der Waals surface area (Å²) in [4.78, 5) is 27.0. The van der Waals surface area contributed by atoms with Crippen molar-refractivity contribution in [2.75, 3.05) is 13.1 Å². The number of hydrogen-bond acceptors (Lipinski definition) is 3. The Morgan fingerprint density at radius 1 is 1.10 bits per heavy atom. The summed E-state index contributed by atoms with van der Waals surface area (Å²) in [5.74, 6) is 0.128. The van der Waals surface area contributed by atoms with E-state index in [2.05, 4.69) is 5.32 Å². The molecule has 3 atom stereocenters. The first-order chi connectivity index (χ1) is 13.7. The van der Waals surface area contributed by atoms with Gasteiger partial charge in [-0.15, -0.1) is 0 Å². The molecule has 1 fully saturated rings. The fourth-order valence-corrected chi connectivity index (χ4v) is 5.01. The van der Waals surface area contributed by atoms with Crippen LogP contribution in [-0.2, 0) is 6.54 Å². The fourth-order valence-electron chi connectivity index (χ4n) is 4.44. The maximum atomic E-state index is 12.8. The Hall–Kier alpha value is -1.53. The number of carbonyl (C=O) groups excluding carboxylic acids is 1. The monoisotopic (exact) mass is 453 g/mol. The molecule has 0 spiro atoms. The third-order valence-corrected chi connectivity index (χ3v) is 6.38. The first kappa shape index (κ1) is 20.7. The summed E-state index contributed by atoms with van der Waals surface area (Å²) in [6, 6.07) is 12.6. The molecule has 2 aliphatic rings. The van der Waals surface area contributed by atoms with Gasteiger partial charge in [0.15, 0.2) is 0 Å². The Kier molecular flexibility index (Phi) is 5.68. The molecule has 29 heavy (non-hydrogen) atoms. The quantitative estimate of drug-likeness (QED) is 0.720. The van der Waals surface area contributed by atoms with Crippen LogP contribution in [-0.4, -0.2) is 38.4 Å². The number of halogens is 3. The zero-order valence-corrected chi connectivity index (χ0v) is 18.2. The molecule has 2 bridgehead atoms. The number of nitrogens with zero attached hydrogens (tertiary/aromatic N) is 2. The van der Waals surface area contributed by atoms with Crippen molar-refractivity contribution < 1.29 is 4.79 Å². The van der Waals surface area contributed by atoms with Gasteiger partial charge in [0.2, 0.25) is 3.79 Å². The number of carbonyl (C=O) groups is 1. The number of likely N-dealkylation sites (tertiary alicyclic amines) is 1. The summed E-state index contributed by atoms with van der Waals surface area (Å²) in [5.41, 5.74) is 2.61. The van der Waals surface area contributed by atoms with Crippen molar-refractivity contribution in [3.8, 4) is 0 Å². The number of nitrogens with one attached hydrogen (secondary N) is 1. The van der Waals surface area contributed by atoms with E-state index in [0.29, 0.717) is 25.2 Å². The van der Waals surface area contributed by atoms with Crippen LogP contribution in [0.4, 0.5) is 0 Å². The van der Waals surface area contributed by atoms with E-state index in [9.17, 15) is 9.59 Å². The average Bonchev–Trinajstić information content (AvgIpc) is 2.66. The lowest BCUT2D eigenvalue weighted by Crippen LogP contribution is -2.60. The minimum Gasteiger partial charge on any atom is -0.332 e. The minimum absolute atomic E-state index is 0.0243. The van der Waals surface area contributed by atoms with Gasteiger partial charge in [-0.3, -0.25) is 14.5 Å². The highest BCUT2D eigenvalue weighted by Gasteiger charge is 2.44. The predicted molar refractivity (Wildman–Crippen MR) is 116 cm³/mol. The number of piperidine rings is 1. The Morgan fingerprint density at radius 3 is 2.52 bits per heavy atom. The lowest BCUT2D eigenvalue weighted by Gasteiger charge is -2.47. The third kappa shape index (κ3) is 4.33. The normalized spacial score (nSPS) is 22.6. The number of hydrogen-bond donors (Lipinski definition) is 1. The summed E-state index contributed by atoms with van der Waals surface area (Å²) in [6.07, 6.45) is 0.215. The van der Waals surface area contributed by atoms with Gasteiger partial charge in [0.05, 0.1) is 0 Å². The first-order valence-electron chi connectivity index (χ1n) is 9.60. The van der Waals surface area contributed by atoms with Crippen LogP contribution in [0.25, 0.3) is 0 Å². The van der Waals surface area contributed by atoms with Crippen molar-refractivity contribution >= 4 is 40.7 Å². The molecule has 154 valence electrons. The van der Waals surface area contributed by atoms with Gasteiger partial charge in [-0.1, -0.05) is 58.6 Å². The number of alkyl halides is 3. The maximum Gasteiger partial charge on any atom is 0.252 e. The summed E-state index contributed by atoms with van der Waals surface area (Å²) in [5, 5.41) is 2.91. The second-order valence-electron chi connectivity index (χ2n) is 7.94. The van der Waals surface area contributed by atoms with Crippen molar-refractivity contribution in [3.63, 3.8) is 0 Å². The smallest absolute Gasteiger partial charge is 0.252 e. The summed E-state index contributed by atoms with van der Waals surface area (Å²) < 4.78 is 0.160. The van der Waals surface area contributed by atoms with E-state index in [4.69, 9.17) is 34.8 Å². The molecule has 1 N–H and O–H groups in total. The van der Waals surface area contributed by atoms with Gasteiger partial charge < -0.3 is 9.88 Å².